The number of unbranched alkanes of at least 4 members (excludes halogenated alkanes) is 1. The van der Waals surface area contributed by atoms with Gasteiger partial charge in [0, 0.05) is 29.7 Å². The summed E-state index contributed by atoms with van der Waals surface area (Å²) in [6.45, 7) is 3.42. The van der Waals surface area contributed by atoms with Crippen LogP contribution in [-0.2, 0) is 14.8 Å². The molecule has 3 N–H and O–H groups in total. The van der Waals surface area contributed by atoms with E-state index in [1.165, 1.54) is 6.92 Å². The largest absolute Gasteiger partial charge is 0.356 e. The van der Waals surface area contributed by atoms with Crippen LogP contribution in [-0.4, -0.2) is 20.1 Å². The first kappa shape index (κ1) is 18.8. The van der Waals surface area contributed by atoms with Crippen molar-refractivity contribution in [2.24, 2.45) is 0 Å². The predicted molar refractivity (Wildman–Crippen MR) is 103 cm³/mol. The molecule has 0 heterocycles. The highest BCUT2D eigenvalue weighted by Gasteiger charge is 2.09. The van der Waals surface area contributed by atoms with E-state index in [0.717, 1.165) is 23.5 Å². The number of nitrogens with one attached hydrogen (secondary N) is 3. The minimum absolute atomic E-state index is 0.113. The van der Waals surface area contributed by atoms with Gasteiger partial charge in [0.25, 0.3) is 0 Å². The maximum Gasteiger partial charge on any atom is 0.232 e. The van der Waals surface area contributed by atoms with Crippen LogP contribution >= 0.6 is 0 Å². The fourth-order valence-corrected chi connectivity index (χ4v) is 3.46. The third-order valence-electron chi connectivity index (χ3n) is 3.42. The number of hydrogen-bond acceptors (Lipinski definition) is 4. The molecule has 0 saturated carbocycles. The molecule has 0 aromatic heterocycles. The maximum absolute atomic E-state index is 11.9. The molecule has 2 aromatic carbocycles. The number of carbonyl (C=O) groups is 1. The maximum atomic E-state index is 11.9. The van der Waals surface area contributed by atoms with Crippen LogP contribution in [0.25, 0.3) is 0 Å². The summed E-state index contributed by atoms with van der Waals surface area (Å²) in [5.74, 6) is 0.0159. The first-order valence-electron chi connectivity index (χ1n) is 8.13. The van der Waals surface area contributed by atoms with Crippen LogP contribution in [0, 0.1) is 0 Å². The van der Waals surface area contributed by atoms with Gasteiger partial charge in [-0.2, -0.15) is 0 Å². The van der Waals surface area contributed by atoms with Crippen LogP contribution in [0.3, 0.4) is 0 Å². The zero-order valence-electron chi connectivity index (χ0n) is 14.4. The summed E-state index contributed by atoms with van der Waals surface area (Å²) in [4.78, 5) is 11.0. The Morgan fingerprint density at radius 1 is 0.880 bits per heavy atom. The first-order valence-corrected chi connectivity index (χ1v) is 9.78. The van der Waals surface area contributed by atoms with Crippen molar-refractivity contribution in [1.82, 2.24) is 0 Å². The summed E-state index contributed by atoms with van der Waals surface area (Å²) in [6, 6.07) is 14.4. The minimum atomic E-state index is -3.29. The molecule has 7 heteroatoms. The Labute approximate surface area is 148 Å². The fourth-order valence-electron chi connectivity index (χ4n) is 2.19. The molecule has 0 aliphatic carbocycles. The Morgan fingerprint density at radius 2 is 1.36 bits per heavy atom. The lowest BCUT2D eigenvalue weighted by molar-refractivity contribution is -0.114. The molecule has 1 amide bonds. The number of rotatable bonds is 8. The van der Waals surface area contributed by atoms with Gasteiger partial charge in [-0.1, -0.05) is 13.3 Å². The minimum Gasteiger partial charge on any atom is -0.356 e. The third kappa shape index (κ3) is 6.46. The van der Waals surface area contributed by atoms with Crippen molar-refractivity contribution in [3.8, 4) is 0 Å². The number of carbonyl (C=O) groups excluding carboxylic acids is 1. The fraction of sp³-hybridized carbons (Fsp3) is 0.278. The summed E-state index contributed by atoms with van der Waals surface area (Å²) >= 11 is 0. The smallest absolute Gasteiger partial charge is 0.232 e. The lowest BCUT2D eigenvalue weighted by atomic mass is 10.2. The lowest BCUT2D eigenvalue weighted by Gasteiger charge is -2.10. The Morgan fingerprint density at radius 3 is 1.84 bits per heavy atom. The van der Waals surface area contributed by atoms with E-state index in [0.29, 0.717) is 12.1 Å². The molecular formula is C18H23N3O3S. The molecule has 0 aliphatic heterocycles. The van der Waals surface area contributed by atoms with Crippen molar-refractivity contribution in [2.75, 3.05) is 21.1 Å². The van der Waals surface area contributed by atoms with Gasteiger partial charge in [-0.25, -0.2) is 8.42 Å². The van der Waals surface area contributed by atoms with Crippen LogP contribution in [0.5, 0.6) is 0 Å². The molecule has 0 bridgehead atoms. The van der Waals surface area contributed by atoms with Crippen molar-refractivity contribution in [3.05, 3.63) is 48.5 Å². The molecule has 0 aliphatic rings. The van der Waals surface area contributed by atoms with Gasteiger partial charge in [0.05, 0.1) is 5.75 Å². The summed E-state index contributed by atoms with van der Waals surface area (Å²) in [6.07, 6.45) is 1.48. The Kier molecular flexibility index (Phi) is 6.41. The highest BCUT2D eigenvalue weighted by molar-refractivity contribution is 7.92. The van der Waals surface area contributed by atoms with E-state index in [4.69, 9.17) is 0 Å². The zero-order chi connectivity index (χ0) is 18.3. The molecule has 0 unspecified atom stereocenters. The van der Waals surface area contributed by atoms with Crippen molar-refractivity contribution in [1.29, 1.82) is 0 Å². The third-order valence-corrected chi connectivity index (χ3v) is 4.79. The van der Waals surface area contributed by atoms with E-state index in [9.17, 15) is 13.2 Å². The van der Waals surface area contributed by atoms with E-state index in [2.05, 4.69) is 15.4 Å². The lowest BCUT2D eigenvalue weighted by Crippen LogP contribution is -2.16. The van der Waals surface area contributed by atoms with Crippen LogP contribution in [0.15, 0.2) is 48.5 Å². The van der Waals surface area contributed by atoms with E-state index in [1.54, 1.807) is 36.4 Å². The second-order valence-electron chi connectivity index (χ2n) is 5.74. The number of hydrogen-bond donors (Lipinski definition) is 3. The summed E-state index contributed by atoms with van der Waals surface area (Å²) in [5, 5.41) is 5.93. The number of benzene rings is 2. The number of sulfonamides is 1. The van der Waals surface area contributed by atoms with E-state index in [-0.39, 0.29) is 11.7 Å². The molecule has 25 heavy (non-hydrogen) atoms. The quantitative estimate of drug-likeness (QED) is 0.665. The standard InChI is InChI=1S/C18H23N3O3S/c1-3-4-13-25(23,24)21-18-11-9-17(10-12-18)20-16-7-5-15(6-8-16)19-14(2)22/h5-12,20-21H,3-4,13H2,1-2H3,(H,19,22). The first-order chi connectivity index (χ1) is 11.9. The molecule has 134 valence electrons. The normalized spacial score (nSPS) is 11.0. The van der Waals surface area contributed by atoms with Crippen molar-refractivity contribution in [2.45, 2.75) is 26.7 Å². The second kappa shape index (κ2) is 8.53. The van der Waals surface area contributed by atoms with Gasteiger partial charge >= 0.3 is 0 Å². The molecule has 0 fully saturated rings. The predicted octanol–water partition coefficient (Wildman–Crippen LogP) is 3.93. The number of amides is 1. The zero-order valence-corrected chi connectivity index (χ0v) is 15.2. The average Bonchev–Trinajstić information content (AvgIpc) is 2.56. The summed E-state index contributed by atoms with van der Waals surface area (Å²) in [7, 11) is -3.29. The van der Waals surface area contributed by atoms with Gasteiger partial charge in [0.2, 0.25) is 15.9 Å². The van der Waals surface area contributed by atoms with Gasteiger partial charge in [-0.15, -0.1) is 0 Å². The monoisotopic (exact) mass is 361 g/mol. The van der Waals surface area contributed by atoms with Gasteiger partial charge in [-0.3, -0.25) is 9.52 Å². The molecule has 2 rings (SSSR count). The molecule has 0 atom stereocenters. The van der Waals surface area contributed by atoms with Crippen molar-refractivity contribution < 1.29 is 13.2 Å². The molecule has 2 aromatic rings. The van der Waals surface area contributed by atoms with Crippen LogP contribution in [0.4, 0.5) is 22.7 Å². The molecule has 6 nitrogen and oxygen atoms in total. The van der Waals surface area contributed by atoms with Gasteiger partial charge in [0.15, 0.2) is 0 Å². The van der Waals surface area contributed by atoms with E-state index < -0.39 is 10.0 Å². The molecular weight excluding hydrogens is 338 g/mol. The average molecular weight is 361 g/mol. The summed E-state index contributed by atoms with van der Waals surface area (Å²) in [5.41, 5.74) is 2.98. The topological polar surface area (TPSA) is 87.3 Å². The highest BCUT2D eigenvalue weighted by atomic mass is 32.2. The van der Waals surface area contributed by atoms with Gasteiger partial charge in [-0.05, 0) is 55.0 Å². The molecule has 0 saturated heterocycles. The second-order valence-corrected chi connectivity index (χ2v) is 7.58. The Balaban J connectivity index is 1.97. The van der Waals surface area contributed by atoms with Crippen LogP contribution in [0.2, 0.25) is 0 Å². The number of anilines is 4. The Hall–Kier alpha value is -2.54. The highest BCUT2D eigenvalue weighted by Crippen LogP contribution is 2.21. The molecule has 0 spiro atoms. The van der Waals surface area contributed by atoms with Crippen molar-refractivity contribution in [3.63, 3.8) is 0 Å². The van der Waals surface area contributed by atoms with Crippen LogP contribution < -0.4 is 15.4 Å². The summed E-state index contributed by atoms with van der Waals surface area (Å²) < 4.78 is 26.3. The van der Waals surface area contributed by atoms with Gasteiger partial charge < -0.3 is 10.6 Å². The van der Waals surface area contributed by atoms with E-state index >= 15 is 0 Å². The molecule has 0 radical (unpaired) electrons. The van der Waals surface area contributed by atoms with Crippen LogP contribution in [0.1, 0.15) is 26.7 Å². The van der Waals surface area contributed by atoms with E-state index in [1.807, 2.05) is 19.1 Å². The Bertz CT molecular complexity index is 800. The van der Waals surface area contributed by atoms with Gasteiger partial charge in [0.1, 0.15) is 0 Å². The van der Waals surface area contributed by atoms with Crippen molar-refractivity contribution >= 4 is 38.7 Å². The SMILES string of the molecule is CCCCS(=O)(=O)Nc1ccc(Nc2ccc(NC(C)=O)cc2)cc1.